The summed E-state index contributed by atoms with van der Waals surface area (Å²) in [5, 5.41) is 7.75. The summed E-state index contributed by atoms with van der Waals surface area (Å²) in [6.07, 6.45) is -1.61. The van der Waals surface area contributed by atoms with E-state index < -0.39 is 35.6 Å². The minimum Gasteiger partial charge on any atom is -0.431 e. The van der Waals surface area contributed by atoms with E-state index in [-0.39, 0.29) is 31.2 Å². The lowest BCUT2D eigenvalue weighted by molar-refractivity contribution is -0.137. The van der Waals surface area contributed by atoms with E-state index in [9.17, 15) is 24.0 Å². The molecule has 2 aromatic rings. The van der Waals surface area contributed by atoms with Crippen LogP contribution in [-0.4, -0.2) is 46.2 Å². The van der Waals surface area contributed by atoms with Gasteiger partial charge in [0.05, 0.1) is 0 Å². The monoisotopic (exact) mass is 492 g/mol. The van der Waals surface area contributed by atoms with E-state index in [1.165, 1.54) is 4.90 Å². The fourth-order valence-electron chi connectivity index (χ4n) is 4.24. The highest BCUT2D eigenvalue weighted by atomic mass is 16.6. The molecule has 3 N–H and O–H groups in total. The first kappa shape index (κ1) is 24.9. The number of imide groups is 1. The Hall–Kier alpha value is -4.21. The van der Waals surface area contributed by atoms with Crippen LogP contribution in [0.3, 0.4) is 0 Å². The van der Waals surface area contributed by atoms with Gasteiger partial charge in [0.25, 0.3) is 11.8 Å². The van der Waals surface area contributed by atoms with E-state index in [1.54, 1.807) is 69.3 Å². The lowest BCUT2D eigenvalue weighted by Gasteiger charge is -2.29. The number of hydrogen-bond donors (Lipinski definition) is 3. The van der Waals surface area contributed by atoms with Gasteiger partial charge >= 0.3 is 6.09 Å². The second-order valence-corrected chi connectivity index (χ2v) is 9.79. The van der Waals surface area contributed by atoms with Gasteiger partial charge in [0.1, 0.15) is 6.04 Å². The number of hydrogen-bond acceptors (Lipinski definition) is 6. The lowest BCUT2D eigenvalue weighted by atomic mass is 10.0. The highest BCUT2D eigenvalue weighted by Gasteiger charge is 2.40. The topological polar surface area (TPSA) is 134 Å². The summed E-state index contributed by atoms with van der Waals surface area (Å²) in [5.74, 6) is -1.82. The third kappa shape index (κ3) is 5.37. The summed E-state index contributed by atoms with van der Waals surface area (Å²) in [6.45, 7) is 5.48. The van der Waals surface area contributed by atoms with E-state index in [2.05, 4.69) is 16.0 Å². The van der Waals surface area contributed by atoms with Crippen molar-refractivity contribution in [3.8, 4) is 0 Å². The Morgan fingerprint density at radius 3 is 2.44 bits per heavy atom. The maximum absolute atomic E-state index is 13.4. The molecule has 0 spiro atoms. The molecule has 10 nitrogen and oxygen atoms in total. The number of rotatable bonds is 5. The Balaban J connectivity index is 1.56. The Morgan fingerprint density at radius 1 is 1.06 bits per heavy atom. The van der Waals surface area contributed by atoms with Gasteiger partial charge in [-0.25, -0.2) is 4.79 Å². The maximum Gasteiger partial charge on any atom is 0.408 e. The molecule has 0 aliphatic carbocycles. The number of carbonyl (C=O) groups excluding carboxylic acids is 5. The number of alkyl carbamates (subject to hydrolysis) is 1. The quantitative estimate of drug-likeness (QED) is 0.550. The molecule has 2 atom stereocenters. The zero-order valence-corrected chi connectivity index (χ0v) is 20.3. The Bertz CT molecular complexity index is 1220. The third-order valence-electron chi connectivity index (χ3n) is 5.88. The van der Waals surface area contributed by atoms with Gasteiger partial charge in [-0.2, -0.15) is 0 Å². The predicted molar refractivity (Wildman–Crippen MR) is 130 cm³/mol. The van der Waals surface area contributed by atoms with Gasteiger partial charge in [0, 0.05) is 40.9 Å². The molecule has 188 valence electrons. The van der Waals surface area contributed by atoms with Crippen molar-refractivity contribution in [2.75, 3.05) is 5.32 Å². The number of fused-ring (bicyclic) bond motifs is 1. The molecule has 5 amide bonds. The molecule has 1 unspecified atom stereocenters. The smallest absolute Gasteiger partial charge is 0.408 e. The van der Waals surface area contributed by atoms with Gasteiger partial charge in [0.2, 0.25) is 17.9 Å². The van der Waals surface area contributed by atoms with E-state index in [0.29, 0.717) is 22.4 Å². The fourth-order valence-corrected chi connectivity index (χ4v) is 4.24. The van der Waals surface area contributed by atoms with E-state index >= 15 is 0 Å². The summed E-state index contributed by atoms with van der Waals surface area (Å²) in [5.41, 5.74) is 1.20. The van der Waals surface area contributed by atoms with Gasteiger partial charge in [-0.05, 0) is 39.3 Å². The van der Waals surface area contributed by atoms with Crippen molar-refractivity contribution < 1.29 is 28.7 Å². The molecule has 0 aromatic heterocycles. The molecule has 1 saturated heterocycles. The normalized spacial score (nSPS) is 18.2. The molecule has 2 aliphatic heterocycles. The van der Waals surface area contributed by atoms with Crippen molar-refractivity contribution >= 4 is 35.4 Å². The summed E-state index contributed by atoms with van der Waals surface area (Å²) >= 11 is 0. The number of benzene rings is 2. The van der Waals surface area contributed by atoms with Crippen molar-refractivity contribution in [1.82, 2.24) is 15.5 Å². The number of anilines is 1. The molecule has 2 heterocycles. The Kier molecular flexibility index (Phi) is 6.78. The number of ether oxygens (including phenoxy) is 1. The number of piperidine rings is 1. The first-order valence-electron chi connectivity index (χ1n) is 11.6. The van der Waals surface area contributed by atoms with Crippen LogP contribution in [0.5, 0.6) is 0 Å². The SMILES string of the molecule is CC(C)(C)NC(=O)O[C@H](C(=O)Nc1cccc2c1CN(C1CCC(=O)NC1=O)C2=O)c1ccccc1. The van der Waals surface area contributed by atoms with Gasteiger partial charge in [-0.1, -0.05) is 36.4 Å². The van der Waals surface area contributed by atoms with Crippen LogP contribution in [0.15, 0.2) is 48.5 Å². The van der Waals surface area contributed by atoms with Crippen LogP contribution >= 0.6 is 0 Å². The number of carbonyl (C=O) groups is 5. The third-order valence-corrected chi connectivity index (χ3v) is 5.88. The highest BCUT2D eigenvalue weighted by molar-refractivity contribution is 6.07. The molecule has 4 rings (SSSR count). The van der Waals surface area contributed by atoms with Gasteiger partial charge in [0.15, 0.2) is 0 Å². The van der Waals surface area contributed by atoms with Crippen molar-refractivity contribution in [2.24, 2.45) is 0 Å². The van der Waals surface area contributed by atoms with Crippen LogP contribution in [0.25, 0.3) is 0 Å². The zero-order chi connectivity index (χ0) is 26.0. The van der Waals surface area contributed by atoms with Crippen LogP contribution < -0.4 is 16.0 Å². The van der Waals surface area contributed by atoms with Gasteiger partial charge in [-0.3, -0.25) is 24.5 Å². The van der Waals surface area contributed by atoms with Gasteiger partial charge < -0.3 is 20.3 Å². The summed E-state index contributed by atoms with van der Waals surface area (Å²) in [6, 6.07) is 12.7. The molecule has 36 heavy (non-hydrogen) atoms. The highest BCUT2D eigenvalue weighted by Crippen LogP contribution is 2.33. The van der Waals surface area contributed by atoms with E-state index in [4.69, 9.17) is 4.74 Å². The molecule has 0 saturated carbocycles. The van der Waals surface area contributed by atoms with Crippen LogP contribution in [0.2, 0.25) is 0 Å². The van der Waals surface area contributed by atoms with Crippen molar-refractivity contribution in [1.29, 1.82) is 0 Å². The second kappa shape index (κ2) is 9.80. The lowest BCUT2D eigenvalue weighted by Crippen LogP contribution is -2.52. The average Bonchev–Trinajstić information content (AvgIpc) is 3.14. The zero-order valence-electron chi connectivity index (χ0n) is 20.3. The standard InChI is InChI=1S/C26H28N4O6/c1-26(2,3)29-25(35)36-21(15-8-5-4-6-9-15)23(33)27-18-11-7-10-16-17(18)14-30(24(16)34)19-12-13-20(31)28-22(19)32/h4-11,19,21H,12-14H2,1-3H3,(H,27,33)(H,29,35)(H,28,31,32)/t19?,21-/m0/s1. The van der Waals surface area contributed by atoms with Crippen LogP contribution in [0.4, 0.5) is 10.5 Å². The van der Waals surface area contributed by atoms with Crippen LogP contribution in [-0.2, 0) is 25.7 Å². The largest absolute Gasteiger partial charge is 0.431 e. The Morgan fingerprint density at radius 2 is 1.78 bits per heavy atom. The Labute approximate surface area is 208 Å². The molecule has 2 aromatic carbocycles. The number of nitrogens with one attached hydrogen (secondary N) is 3. The summed E-state index contributed by atoms with van der Waals surface area (Å²) < 4.78 is 5.50. The second-order valence-electron chi connectivity index (χ2n) is 9.79. The average molecular weight is 493 g/mol. The molecular formula is C26H28N4O6. The summed E-state index contributed by atoms with van der Waals surface area (Å²) in [7, 11) is 0. The van der Waals surface area contributed by atoms with Crippen LogP contribution in [0.1, 0.15) is 61.2 Å². The first-order chi connectivity index (χ1) is 17.0. The van der Waals surface area contributed by atoms with Crippen molar-refractivity contribution in [2.45, 2.75) is 57.8 Å². The molecule has 0 bridgehead atoms. The van der Waals surface area contributed by atoms with Crippen molar-refractivity contribution in [3.63, 3.8) is 0 Å². The van der Waals surface area contributed by atoms with E-state index in [1.807, 2.05) is 0 Å². The van der Waals surface area contributed by atoms with Crippen molar-refractivity contribution in [3.05, 3.63) is 65.2 Å². The predicted octanol–water partition coefficient (Wildman–Crippen LogP) is 2.65. The number of amides is 5. The van der Waals surface area contributed by atoms with Gasteiger partial charge in [-0.15, -0.1) is 0 Å². The number of nitrogens with zero attached hydrogens (tertiary/aromatic N) is 1. The minimum absolute atomic E-state index is 0.0955. The molecule has 0 radical (unpaired) electrons. The molecular weight excluding hydrogens is 464 g/mol. The summed E-state index contributed by atoms with van der Waals surface area (Å²) in [4.78, 5) is 64.2. The first-order valence-corrected chi connectivity index (χ1v) is 11.6. The van der Waals surface area contributed by atoms with Crippen LogP contribution in [0, 0.1) is 0 Å². The molecule has 10 heteroatoms. The molecule has 2 aliphatic rings. The van der Waals surface area contributed by atoms with E-state index in [0.717, 1.165) is 0 Å². The minimum atomic E-state index is -1.24. The fraction of sp³-hybridized carbons (Fsp3) is 0.346. The molecule has 1 fully saturated rings. The maximum atomic E-state index is 13.4.